The molecule has 0 fully saturated rings. The molecule has 1 heterocycles. The van der Waals surface area contributed by atoms with E-state index in [9.17, 15) is 13.2 Å². The molecule has 0 radical (unpaired) electrons. The molecule has 112 valence electrons. The molecule has 6 heteroatoms. The first-order valence-corrected chi connectivity index (χ1v) is 6.48. The van der Waals surface area contributed by atoms with E-state index in [0.29, 0.717) is 5.69 Å². The maximum atomic E-state index is 12.8. The number of para-hydroxylation sites is 1. The Morgan fingerprint density at radius 2 is 1.95 bits per heavy atom. The van der Waals surface area contributed by atoms with Crippen molar-refractivity contribution in [3.63, 3.8) is 0 Å². The average molecular weight is 296 g/mol. The van der Waals surface area contributed by atoms with Gasteiger partial charge in [-0.3, -0.25) is 4.98 Å². The maximum absolute atomic E-state index is 12.8. The SMILES string of the molecule is CCNc1ccnc(COc2ccccc2C(F)(F)F)c1. The van der Waals surface area contributed by atoms with Gasteiger partial charge in [-0.2, -0.15) is 13.2 Å². The quantitative estimate of drug-likeness (QED) is 0.901. The van der Waals surface area contributed by atoms with E-state index in [0.717, 1.165) is 18.3 Å². The zero-order chi connectivity index (χ0) is 15.3. The van der Waals surface area contributed by atoms with Gasteiger partial charge in [-0.15, -0.1) is 0 Å². The lowest BCUT2D eigenvalue weighted by atomic mass is 10.2. The molecule has 1 aromatic heterocycles. The molecule has 0 saturated heterocycles. The Kier molecular flexibility index (Phi) is 4.67. The Bertz CT molecular complexity index is 599. The van der Waals surface area contributed by atoms with E-state index in [1.165, 1.54) is 18.2 Å². The van der Waals surface area contributed by atoms with E-state index in [-0.39, 0.29) is 12.4 Å². The number of nitrogens with zero attached hydrogens (tertiary/aromatic N) is 1. The molecule has 2 aromatic rings. The zero-order valence-electron chi connectivity index (χ0n) is 11.4. The van der Waals surface area contributed by atoms with Crippen LogP contribution in [0.2, 0.25) is 0 Å². The Hall–Kier alpha value is -2.24. The summed E-state index contributed by atoms with van der Waals surface area (Å²) in [6.07, 6.45) is -2.85. The Morgan fingerprint density at radius 1 is 1.19 bits per heavy atom. The number of halogens is 3. The number of nitrogens with one attached hydrogen (secondary N) is 1. The molecule has 0 atom stereocenters. The Balaban J connectivity index is 2.12. The molecule has 0 aliphatic carbocycles. The Morgan fingerprint density at radius 3 is 2.67 bits per heavy atom. The van der Waals surface area contributed by atoms with E-state index in [2.05, 4.69) is 10.3 Å². The third-order valence-electron chi connectivity index (χ3n) is 2.77. The molecule has 0 aliphatic rings. The van der Waals surface area contributed by atoms with E-state index in [1.54, 1.807) is 18.3 Å². The number of anilines is 1. The van der Waals surface area contributed by atoms with E-state index in [1.807, 2.05) is 6.92 Å². The highest BCUT2D eigenvalue weighted by atomic mass is 19.4. The van der Waals surface area contributed by atoms with Crippen LogP contribution in [0.1, 0.15) is 18.2 Å². The molecule has 3 nitrogen and oxygen atoms in total. The third-order valence-corrected chi connectivity index (χ3v) is 2.77. The summed E-state index contributed by atoms with van der Waals surface area (Å²) < 4.78 is 43.8. The van der Waals surface area contributed by atoms with Crippen molar-refractivity contribution in [1.82, 2.24) is 4.98 Å². The highest BCUT2D eigenvalue weighted by Gasteiger charge is 2.33. The molecule has 0 unspecified atom stereocenters. The lowest BCUT2D eigenvalue weighted by Crippen LogP contribution is -2.09. The van der Waals surface area contributed by atoms with Crippen molar-refractivity contribution >= 4 is 5.69 Å². The average Bonchev–Trinajstić information content (AvgIpc) is 2.45. The molecular weight excluding hydrogens is 281 g/mol. The molecule has 1 aromatic carbocycles. The van der Waals surface area contributed by atoms with Gasteiger partial charge in [-0.05, 0) is 31.2 Å². The van der Waals surface area contributed by atoms with Gasteiger partial charge in [0.2, 0.25) is 0 Å². The molecule has 2 rings (SSSR count). The fourth-order valence-electron chi connectivity index (χ4n) is 1.85. The summed E-state index contributed by atoms with van der Waals surface area (Å²) in [5, 5.41) is 3.11. The zero-order valence-corrected chi connectivity index (χ0v) is 11.4. The molecule has 21 heavy (non-hydrogen) atoms. The molecule has 0 spiro atoms. The van der Waals surface area contributed by atoms with Gasteiger partial charge in [-0.1, -0.05) is 12.1 Å². The number of hydrogen-bond donors (Lipinski definition) is 1. The lowest BCUT2D eigenvalue weighted by Gasteiger charge is -2.13. The molecular formula is C15H15F3N2O. The first-order valence-electron chi connectivity index (χ1n) is 6.48. The van der Waals surface area contributed by atoms with Crippen molar-refractivity contribution in [2.45, 2.75) is 19.7 Å². The number of alkyl halides is 3. The van der Waals surface area contributed by atoms with Crippen LogP contribution in [0.25, 0.3) is 0 Å². The predicted molar refractivity (Wildman–Crippen MR) is 74.2 cm³/mol. The first-order chi connectivity index (χ1) is 10.0. The summed E-state index contributed by atoms with van der Waals surface area (Å²) in [7, 11) is 0. The summed E-state index contributed by atoms with van der Waals surface area (Å²) in [6, 6.07) is 8.68. The number of benzene rings is 1. The van der Waals surface area contributed by atoms with Crippen LogP contribution in [0.3, 0.4) is 0 Å². The van der Waals surface area contributed by atoms with Crippen molar-refractivity contribution in [2.24, 2.45) is 0 Å². The van der Waals surface area contributed by atoms with Crippen molar-refractivity contribution in [1.29, 1.82) is 0 Å². The Labute approximate surface area is 120 Å². The third kappa shape index (κ3) is 4.11. The van der Waals surface area contributed by atoms with E-state index in [4.69, 9.17) is 4.74 Å². The summed E-state index contributed by atoms with van der Waals surface area (Å²) >= 11 is 0. The van der Waals surface area contributed by atoms with Crippen LogP contribution >= 0.6 is 0 Å². The van der Waals surface area contributed by atoms with Crippen molar-refractivity contribution in [2.75, 3.05) is 11.9 Å². The number of pyridine rings is 1. The second kappa shape index (κ2) is 6.47. The van der Waals surface area contributed by atoms with Crippen LogP contribution in [0, 0.1) is 0 Å². The number of hydrogen-bond acceptors (Lipinski definition) is 3. The summed E-state index contributed by atoms with van der Waals surface area (Å²) in [5.41, 5.74) is 0.633. The van der Waals surface area contributed by atoms with Gasteiger partial charge in [-0.25, -0.2) is 0 Å². The van der Waals surface area contributed by atoms with Gasteiger partial charge >= 0.3 is 6.18 Å². The first kappa shape index (κ1) is 15.2. The summed E-state index contributed by atoms with van der Waals surface area (Å²) in [4.78, 5) is 4.08. The summed E-state index contributed by atoms with van der Waals surface area (Å²) in [5.74, 6) is -0.194. The number of aromatic nitrogens is 1. The van der Waals surface area contributed by atoms with E-state index < -0.39 is 11.7 Å². The van der Waals surface area contributed by atoms with Crippen LogP contribution in [-0.2, 0) is 12.8 Å². The number of rotatable bonds is 5. The van der Waals surface area contributed by atoms with Crippen molar-refractivity contribution in [3.05, 3.63) is 53.9 Å². The van der Waals surface area contributed by atoms with Gasteiger partial charge < -0.3 is 10.1 Å². The highest BCUT2D eigenvalue weighted by molar-refractivity contribution is 5.43. The van der Waals surface area contributed by atoms with Crippen LogP contribution in [-0.4, -0.2) is 11.5 Å². The molecule has 0 amide bonds. The van der Waals surface area contributed by atoms with Crippen LogP contribution in [0.5, 0.6) is 5.75 Å². The number of ether oxygens (including phenoxy) is 1. The van der Waals surface area contributed by atoms with Gasteiger partial charge in [0.1, 0.15) is 12.4 Å². The molecule has 0 aliphatic heterocycles. The predicted octanol–water partition coefficient (Wildman–Crippen LogP) is 4.11. The van der Waals surface area contributed by atoms with Crippen molar-refractivity contribution in [3.8, 4) is 5.75 Å². The summed E-state index contributed by atoms with van der Waals surface area (Å²) in [6.45, 7) is 2.68. The second-order valence-corrected chi connectivity index (χ2v) is 4.35. The maximum Gasteiger partial charge on any atom is 0.419 e. The fourth-order valence-corrected chi connectivity index (χ4v) is 1.85. The highest BCUT2D eigenvalue weighted by Crippen LogP contribution is 2.36. The minimum atomic E-state index is -4.43. The topological polar surface area (TPSA) is 34.2 Å². The van der Waals surface area contributed by atoms with Gasteiger partial charge in [0.25, 0.3) is 0 Å². The van der Waals surface area contributed by atoms with Crippen LogP contribution in [0.4, 0.5) is 18.9 Å². The molecule has 0 saturated carbocycles. The minimum Gasteiger partial charge on any atom is -0.487 e. The monoisotopic (exact) mass is 296 g/mol. The smallest absolute Gasteiger partial charge is 0.419 e. The normalized spacial score (nSPS) is 11.2. The van der Waals surface area contributed by atoms with E-state index >= 15 is 0 Å². The van der Waals surface area contributed by atoms with Gasteiger partial charge in [0, 0.05) is 18.4 Å². The van der Waals surface area contributed by atoms with Crippen LogP contribution in [0.15, 0.2) is 42.6 Å². The minimum absolute atomic E-state index is 0.0215. The standard InChI is InChI=1S/C15H15F3N2O/c1-2-19-11-7-8-20-12(9-11)10-21-14-6-4-3-5-13(14)15(16,17)18/h3-9H,2,10H2,1H3,(H,19,20). The largest absolute Gasteiger partial charge is 0.487 e. The van der Waals surface area contributed by atoms with Gasteiger partial charge in [0.15, 0.2) is 0 Å². The fraction of sp³-hybridized carbons (Fsp3) is 0.267. The molecule has 1 N–H and O–H groups in total. The second-order valence-electron chi connectivity index (χ2n) is 4.35. The van der Waals surface area contributed by atoms with Crippen LogP contribution < -0.4 is 10.1 Å². The molecule has 0 bridgehead atoms. The van der Waals surface area contributed by atoms with Crippen molar-refractivity contribution < 1.29 is 17.9 Å². The lowest BCUT2D eigenvalue weighted by molar-refractivity contribution is -0.139. The van der Waals surface area contributed by atoms with Gasteiger partial charge in [0.05, 0.1) is 11.3 Å².